The summed E-state index contributed by atoms with van der Waals surface area (Å²) in [5.74, 6) is -0.140. The quantitative estimate of drug-likeness (QED) is 0.905. The van der Waals surface area contributed by atoms with E-state index in [1.807, 2.05) is 43.5 Å². The molecular formula is C17H23ClN4O. The topological polar surface area (TPSA) is 72.9 Å². The van der Waals surface area contributed by atoms with Crippen LogP contribution in [0.5, 0.6) is 0 Å². The first kappa shape index (κ1) is 17.5. The van der Waals surface area contributed by atoms with Crippen LogP contribution in [-0.4, -0.2) is 21.2 Å². The number of hydrogen-bond acceptors (Lipinski definition) is 3. The van der Waals surface area contributed by atoms with E-state index in [4.69, 9.17) is 5.73 Å². The summed E-state index contributed by atoms with van der Waals surface area (Å²) < 4.78 is 1.75. The van der Waals surface area contributed by atoms with Gasteiger partial charge in [0.1, 0.15) is 0 Å². The maximum atomic E-state index is 12.5. The first-order valence-corrected chi connectivity index (χ1v) is 7.76. The zero-order valence-electron chi connectivity index (χ0n) is 13.2. The van der Waals surface area contributed by atoms with E-state index in [-0.39, 0.29) is 24.2 Å². The summed E-state index contributed by atoms with van der Waals surface area (Å²) in [6.07, 6.45) is 7.41. The predicted molar refractivity (Wildman–Crippen MR) is 94.0 cm³/mol. The first-order valence-electron chi connectivity index (χ1n) is 7.76. The van der Waals surface area contributed by atoms with Crippen molar-refractivity contribution >= 4 is 24.0 Å². The lowest BCUT2D eigenvalue weighted by Crippen LogP contribution is -2.51. The minimum Gasteiger partial charge on any atom is -0.325 e. The summed E-state index contributed by atoms with van der Waals surface area (Å²) in [6, 6.07) is 9.81. The highest BCUT2D eigenvalue weighted by molar-refractivity contribution is 5.93. The molecule has 0 saturated heterocycles. The van der Waals surface area contributed by atoms with Gasteiger partial charge < -0.3 is 11.1 Å². The number of nitrogens with one attached hydrogen (secondary N) is 1. The summed E-state index contributed by atoms with van der Waals surface area (Å²) in [5, 5.41) is 7.25. The molecule has 2 atom stereocenters. The number of nitrogens with zero attached hydrogens (tertiary/aromatic N) is 2. The Balaban J connectivity index is 0.00000192. The molecule has 1 saturated carbocycles. The first-order chi connectivity index (χ1) is 10.6. The van der Waals surface area contributed by atoms with Crippen molar-refractivity contribution in [1.29, 1.82) is 0 Å². The lowest BCUT2D eigenvalue weighted by Gasteiger charge is -2.37. The Morgan fingerprint density at radius 3 is 2.78 bits per heavy atom. The molecule has 1 heterocycles. The maximum Gasteiger partial charge on any atom is 0.229 e. The lowest BCUT2D eigenvalue weighted by molar-refractivity contribution is -0.122. The molecule has 0 radical (unpaired) electrons. The molecule has 3 rings (SSSR count). The van der Waals surface area contributed by atoms with Gasteiger partial charge in [-0.1, -0.05) is 31.0 Å². The van der Waals surface area contributed by atoms with Gasteiger partial charge >= 0.3 is 0 Å². The number of rotatable bonds is 3. The van der Waals surface area contributed by atoms with Gasteiger partial charge in [0.15, 0.2) is 0 Å². The van der Waals surface area contributed by atoms with Gasteiger partial charge in [-0.05, 0) is 31.9 Å². The van der Waals surface area contributed by atoms with Gasteiger partial charge in [0, 0.05) is 5.54 Å². The number of anilines is 1. The molecule has 0 bridgehead atoms. The van der Waals surface area contributed by atoms with Crippen LogP contribution in [-0.2, 0) is 4.79 Å². The van der Waals surface area contributed by atoms with Gasteiger partial charge in [0.25, 0.3) is 0 Å². The van der Waals surface area contributed by atoms with Gasteiger partial charge in [0.05, 0.1) is 29.7 Å². The summed E-state index contributed by atoms with van der Waals surface area (Å²) in [5.41, 5.74) is 7.54. The van der Waals surface area contributed by atoms with E-state index in [0.29, 0.717) is 5.69 Å². The van der Waals surface area contributed by atoms with Crippen LogP contribution >= 0.6 is 12.4 Å². The molecule has 23 heavy (non-hydrogen) atoms. The van der Waals surface area contributed by atoms with Crippen LogP contribution in [0.2, 0.25) is 0 Å². The number of carbonyl (C=O) groups excluding carboxylic acids is 1. The standard InChI is InChI=1S/C17H22N4O.ClH/c1-17(18)10-6-5-9-15(17)16(22)20-13-11-19-21(12-13)14-7-3-2-4-8-14;/h2-4,7-8,11-12,15H,5-6,9-10,18H2,1H3,(H,20,22);1H. The number of hydrogen-bond donors (Lipinski definition) is 2. The minimum atomic E-state index is -0.419. The van der Waals surface area contributed by atoms with E-state index in [1.54, 1.807) is 10.9 Å². The second-order valence-electron chi connectivity index (χ2n) is 6.30. The van der Waals surface area contributed by atoms with E-state index in [9.17, 15) is 4.79 Å². The Labute approximate surface area is 142 Å². The van der Waals surface area contributed by atoms with Crippen LogP contribution in [0, 0.1) is 5.92 Å². The second-order valence-corrected chi connectivity index (χ2v) is 6.30. The van der Waals surface area contributed by atoms with Crippen LogP contribution in [0.3, 0.4) is 0 Å². The lowest BCUT2D eigenvalue weighted by atomic mass is 9.74. The summed E-state index contributed by atoms with van der Waals surface area (Å²) >= 11 is 0. The average molecular weight is 335 g/mol. The third kappa shape index (κ3) is 3.92. The fourth-order valence-electron chi connectivity index (χ4n) is 3.13. The fourth-order valence-corrected chi connectivity index (χ4v) is 3.13. The monoisotopic (exact) mass is 334 g/mol. The molecule has 2 unspecified atom stereocenters. The summed E-state index contributed by atoms with van der Waals surface area (Å²) in [7, 11) is 0. The highest BCUT2D eigenvalue weighted by atomic mass is 35.5. The van der Waals surface area contributed by atoms with Crippen molar-refractivity contribution in [2.75, 3.05) is 5.32 Å². The Kier molecular flexibility index (Phi) is 5.44. The Morgan fingerprint density at radius 2 is 2.09 bits per heavy atom. The van der Waals surface area contributed by atoms with E-state index in [1.165, 1.54) is 0 Å². The van der Waals surface area contributed by atoms with Crippen molar-refractivity contribution in [3.8, 4) is 5.69 Å². The number of carbonyl (C=O) groups is 1. The van der Waals surface area contributed by atoms with Crippen LogP contribution < -0.4 is 11.1 Å². The molecule has 1 aromatic carbocycles. The number of amides is 1. The molecule has 1 aliphatic rings. The van der Waals surface area contributed by atoms with Crippen LogP contribution in [0.15, 0.2) is 42.7 Å². The third-order valence-corrected chi connectivity index (χ3v) is 4.44. The predicted octanol–water partition coefficient (Wildman–Crippen LogP) is 3.14. The Bertz CT molecular complexity index is 654. The van der Waals surface area contributed by atoms with Crippen molar-refractivity contribution in [2.45, 2.75) is 38.1 Å². The molecule has 6 heteroatoms. The van der Waals surface area contributed by atoms with Gasteiger partial charge in [-0.25, -0.2) is 4.68 Å². The highest BCUT2D eigenvalue weighted by Gasteiger charge is 2.37. The van der Waals surface area contributed by atoms with Crippen molar-refractivity contribution in [2.24, 2.45) is 11.7 Å². The molecule has 1 fully saturated rings. The zero-order valence-corrected chi connectivity index (χ0v) is 14.1. The van der Waals surface area contributed by atoms with Crippen LogP contribution in [0.1, 0.15) is 32.6 Å². The fraction of sp³-hybridized carbons (Fsp3) is 0.412. The smallest absolute Gasteiger partial charge is 0.229 e. The molecule has 3 N–H and O–H groups in total. The molecular weight excluding hydrogens is 312 g/mol. The Morgan fingerprint density at radius 1 is 1.35 bits per heavy atom. The van der Waals surface area contributed by atoms with E-state index >= 15 is 0 Å². The number of para-hydroxylation sites is 1. The normalized spacial score (nSPS) is 23.8. The number of nitrogens with two attached hydrogens (primary N) is 1. The number of halogens is 1. The average Bonchev–Trinajstić information content (AvgIpc) is 2.96. The molecule has 0 spiro atoms. The van der Waals surface area contributed by atoms with Gasteiger partial charge in [0.2, 0.25) is 5.91 Å². The van der Waals surface area contributed by atoms with Crippen molar-refractivity contribution < 1.29 is 4.79 Å². The van der Waals surface area contributed by atoms with E-state index in [0.717, 1.165) is 31.4 Å². The Hall–Kier alpha value is -1.85. The molecule has 1 aromatic heterocycles. The molecule has 5 nitrogen and oxygen atoms in total. The molecule has 1 aliphatic carbocycles. The van der Waals surface area contributed by atoms with Crippen molar-refractivity contribution in [3.05, 3.63) is 42.7 Å². The minimum absolute atomic E-state index is 0. The number of benzene rings is 1. The van der Waals surface area contributed by atoms with E-state index in [2.05, 4.69) is 10.4 Å². The second kappa shape index (κ2) is 7.15. The molecule has 124 valence electrons. The van der Waals surface area contributed by atoms with E-state index < -0.39 is 5.54 Å². The third-order valence-electron chi connectivity index (χ3n) is 4.44. The largest absolute Gasteiger partial charge is 0.325 e. The van der Waals surface area contributed by atoms with Gasteiger partial charge in [-0.3, -0.25) is 4.79 Å². The molecule has 1 amide bonds. The maximum absolute atomic E-state index is 12.5. The highest BCUT2D eigenvalue weighted by Crippen LogP contribution is 2.32. The number of aromatic nitrogens is 2. The SMILES string of the molecule is CC1(N)CCCCC1C(=O)Nc1cnn(-c2ccccc2)c1.Cl. The molecule has 2 aromatic rings. The van der Waals surface area contributed by atoms with Crippen LogP contribution in [0.25, 0.3) is 5.69 Å². The summed E-state index contributed by atoms with van der Waals surface area (Å²) in [6.45, 7) is 1.98. The van der Waals surface area contributed by atoms with Gasteiger partial charge in [-0.2, -0.15) is 5.10 Å². The van der Waals surface area contributed by atoms with Gasteiger partial charge in [-0.15, -0.1) is 12.4 Å². The molecule has 0 aliphatic heterocycles. The zero-order chi connectivity index (χ0) is 15.6. The van der Waals surface area contributed by atoms with Crippen LogP contribution in [0.4, 0.5) is 5.69 Å². The van der Waals surface area contributed by atoms with Crippen molar-refractivity contribution in [1.82, 2.24) is 9.78 Å². The summed E-state index contributed by atoms with van der Waals surface area (Å²) in [4.78, 5) is 12.5. The van der Waals surface area contributed by atoms with Crippen molar-refractivity contribution in [3.63, 3.8) is 0 Å².